The van der Waals surface area contributed by atoms with Gasteiger partial charge in [-0.15, -0.1) is 13.2 Å². The third-order valence-corrected chi connectivity index (χ3v) is 3.17. The van der Waals surface area contributed by atoms with Crippen molar-refractivity contribution >= 4 is 0 Å². The molecule has 0 unspecified atom stereocenters. The lowest BCUT2D eigenvalue weighted by atomic mass is 10.1. The molecule has 2 nitrogen and oxygen atoms in total. The van der Waals surface area contributed by atoms with E-state index in [2.05, 4.69) is 31.1 Å². The second kappa shape index (κ2) is 8.94. The molecule has 0 N–H and O–H groups in total. The Morgan fingerprint density at radius 2 is 1.42 bits per heavy atom. The Kier molecular flexibility index (Phi) is 7.26. The molecule has 5 heteroatoms. The molecule has 26 heavy (non-hydrogen) atoms. The molecule has 0 spiro atoms. The fourth-order valence-corrected chi connectivity index (χ4v) is 1.87. The summed E-state index contributed by atoms with van der Waals surface area (Å²) in [4.78, 5) is 0. The van der Waals surface area contributed by atoms with E-state index in [1.807, 2.05) is 32.0 Å². The minimum absolute atomic E-state index is 0.389. The molecule has 0 saturated carbocycles. The van der Waals surface area contributed by atoms with Gasteiger partial charge in [-0.2, -0.15) is 0 Å². The number of hydrogen-bond donors (Lipinski definition) is 0. The Balaban J connectivity index is 2.61. The SMILES string of the molecule is C=C(/C=C\C(=C)C(=C)/C=C\C(=C)OC(F)(F)F)Oc1ccc(C)cc1C. The van der Waals surface area contributed by atoms with Crippen molar-refractivity contribution in [3.63, 3.8) is 0 Å². The second-order valence-electron chi connectivity index (χ2n) is 5.57. The molecule has 0 aromatic heterocycles. The normalized spacial score (nSPS) is 11.6. The molecule has 0 aliphatic rings. The highest BCUT2D eigenvalue weighted by molar-refractivity contribution is 5.45. The Morgan fingerprint density at radius 3 is 1.92 bits per heavy atom. The van der Waals surface area contributed by atoms with Crippen LogP contribution in [-0.4, -0.2) is 6.36 Å². The van der Waals surface area contributed by atoms with E-state index in [1.54, 1.807) is 12.2 Å². The summed E-state index contributed by atoms with van der Waals surface area (Å²) in [6.45, 7) is 18.4. The lowest BCUT2D eigenvalue weighted by Gasteiger charge is -2.09. The summed E-state index contributed by atoms with van der Waals surface area (Å²) in [6, 6.07) is 5.78. The van der Waals surface area contributed by atoms with Gasteiger partial charge in [0.2, 0.25) is 0 Å². The maximum Gasteiger partial charge on any atom is 0.573 e. The highest BCUT2D eigenvalue weighted by atomic mass is 19.4. The number of allylic oxidation sites excluding steroid dienone is 6. The average Bonchev–Trinajstić information content (AvgIpc) is 2.51. The van der Waals surface area contributed by atoms with Crippen LogP contribution < -0.4 is 4.74 Å². The summed E-state index contributed by atoms with van der Waals surface area (Å²) in [5.41, 5.74) is 2.98. The first-order valence-corrected chi connectivity index (χ1v) is 7.61. The summed E-state index contributed by atoms with van der Waals surface area (Å²) in [6.07, 6.45) is 0.820. The molecular weight excluding hydrogens is 341 g/mol. The highest BCUT2D eigenvalue weighted by Gasteiger charge is 2.30. The fourth-order valence-electron chi connectivity index (χ4n) is 1.87. The third-order valence-electron chi connectivity index (χ3n) is 3.17. The molecule has 0 bridgehead atoms. The number of rotatable bonds is 8. The zero-order valence-corrected chi connectivity index (χ0v) is 14.8. The molecule has 0 fully saturated rings. The number of alkyl halides is 3. The zero-order chi connectivity index (χ0) is 19.9. The van der Waals surface area contributed by atoms with Crippen LogP contribution in [0.4, 0.5) is 13.2 Å². The first-order chi connectivity index (χ1) is 12.0. The van der Waals surface area contributed by atoms with Gasteiger partial charge in [-0.25, -0.2) is 0 Å². The van der Waals surface area contributed by atoms with E-state index in [0.29, 0.717) is 22.7 Å². The van der Waals surface area contributed by atoms with Crippen LogP contribution in [-0.2, 0) is 4.74 Å². The standard InChI is InChI=1S/C21H21F3O2/c1-14-7-12-20(17(4)13-14)25-18(5)10-8-15(2)16(3)9-11-19(6)26-21(22,23)24/h7-13H,2-3,5-6H2,1,4H3/b10-8-,11-9-. The zero-order valence-electron chi connectivity index (χ0n) is 14.8. The predicted molar refractivity (Wildman–Crippen MR) is 98.5 cm³/mol. The van der Waals surface area contributed by atoms with Crippen molar-refractivity contribution < 1.29 is 22.6 Å². The van der Waals surface area contributed by atoms with E-state index in [1.165, 1.54) is 6.08 Å². The van der Waals surface area contributed by atoms with Crippen molar-refractivity contribution in [3.8, 4) is 5.75 Å². The van der Waals surface area contributed by atoms with Crippen LogP contribution in [0.5, 0.6) is 5.75 Å². The Labute approximate surface area is 151 Å². The van der Waals surface area contributed by atoms with Crippen LogP contribution in [0.3, 0.4) is 0 Å². The van der Waals surface area contributed by atoms with Crippen molar-refractivity contribution in [2.24, 2.45) is 0 Å². The minimum Gasteiger partial charge on any atom is -0.458 e. The van der Waals surface area contributed by atoms with Crippen molar-refractivity contribution in [2.75, 3.05) is 0 Å². The third kappa shape index (κ3) is 7.75. The van der Waals surface area contributed by atoms with Crippen molar-refractivity contribution in [1.82, 2.24) is 0 Å². The van der Waals surface area contributed by atoms with Gasteiger partial charge >= 0.3 is 6.36 Å². The summed E-state index contributed by atoms with van der Waals surface area (Å²) in [5.74, 6) is 0.535. The summed E-state index contributed by atoms with van der Waals surface area (Å²) in [7, 11) is 0. The van der Waals surface area contributed by atoms with E-state index < -0.39 is 12.1 Å². The topological polar surface area (TPSA) is 18.5 Å². The first kappa shape index (κ1) is 21.1. The summed E-state index contributed by atoms with van der Waals surface area (Å²) < 4.78 is 45.4. The molecular formula is C21H21F3O2. The Bertz CT molecular complexity index is 781. The van der Waals surface area contributed by atoms with Gasteiger partial charge in [0.1, 0.15) is 17.3 Å². The number of benzene rings is 1. The first-order valence-electron chi connectivity index (χ1n) is 7.61. The minimum atomic E-state index is -4.77. The number of ether oxygens (including phenoxy) is 2. The Hall–Kier alpha value is -2.95. The lowest BCUT2D eigenvalue weighted by Crippen LogP contribution is -2.11. The lowest BCUT2D eigenvalue weighted by molar-refractivity contribution is -0.303. The van der Waals surface area contributed by atoms with Gasteiger partial charge in [0.15, 0.2) is 0 Å². The van der Waals surface area contributed by atoms with Crippen LogP contribution in [0.15, 0.2) is 91.5 Å². The quantitative estimate of drug-likeness (QED) is 0.390. The van der Waals surface area contributed by atoms with Gasteiger partial charge in [-0.3, -0.25) is 0 Å². The van der Waals surface area contributed by atoms with Gasteiger partial charge in [0.25, 0.3) is 0 Å². The molecule has 0 amide bonds. The molecule has 0 atom stereocenters. The van der Waals surface area contributed by atoms with Crippen LogP contribution in [0, 0.1) is 13.8 Å². The molecule has 1 rings (SSSR count). The number of hydrogen-bond acceptors (Lipinski definition) is 2. The van der Waals surface area contributed by atoms with Gasteiger partial charge in [0.05, 0.1) is 0 Å². The van der Waals surface area contributed by atoms with Crippen molar-refractivity contribution in [2.45, 2.75) is 20.2 Å². The number of aryl methyl sites for hydroxylation is 2. The molecule has 0 heterocycles. The predicted octanol–water partition coefficient (Wildman–Crippen LogP) is 6.47. The molecule has 1 aromatic rings. The summed E-state index contributed by atoms with van der Waals surface area (Å²) in [5, 5.41) is 0. The smallest absolute Gasteiger partial charge is 0.458 e. The van der Waals surface area contributed by atoms with Gasteiger partial charge in [-0.05, 0) is 48.8 Å². The van der Waals surface area contributed by atoms with E-state index >= 15 is 0 Å². The highest BCUT2D eigenvalue weighted by Crippen LogP contribution is 2.22. The van der Waals surface area contributed by atoms with Crippen LogP contribution in [0.1, 0.15) is 11.1 Å². The monoisotopic (exact) mass is 362 g/mol. The molecule has 0 aliphatic carbocycles. The fraction of sp³-hybridized carbons (Fsp3) is 0.143. The van der Waals surface area contributed by atoms with Gasteiger partial charge in [-0.1, -0.05) is 56.2 Å². The van der Waals surface area contributed by atoms with Crippen molar-refractivity contribution in [1.29, 1.82) is 0 Å². The van der Waals surface area contributed by atoms with Crippen LogP contribution >= 0.6 is 0 Å². The largest absolute Gasteiger partial charge is 0.573 e. The molecule has 0 saturated heterocycles. The molecule has 138 valence electrons. The maximum absolute atomic E-state index is 12.0. The maximum atomic E-state index is 12.0. The van der Waals surface area contributed by atoms with E-state index in [4.69, 9.17) is 4.74 Å². The molecule has 0 aliphatic heterocycles. The van der Waals surface area contributed by atoms with E-state index in [-0.39, 0.29) is 0 Å². The van der Waals surface area contributed by atoms with Gasteiger partial charge < -0.3 is 9.47 Å². The number of halogens is 3. The van der Waals surface area contributed by atoms with E-state index in [9.17, 15) is 13.2 Å². The van der Waals surface area contributed by atoms with Crippen molar-refractivity contribution in [3.05, 3.63) is 103 Å². The second-order valence-corrected chi connectivity index (χ2v) is 5.57. The molecule has 0 radical (unpaired) electrons. The molecule has 1 aromatic carbocycles. The van der Waals surface area contributed by atoms with Gasteiger partial charge in [0, 0.05) is 0 Å². The average molecular weight is 362 g/mol. The van der Waals surface area contributed by atoms with E-state index in [0.717, 1.165) is 17.2 Å². The summed E-state index contributed by atoms with van der Waals surface area (Å²) >= 11 is 0. The Morgan fingerprint density at radius 1 is 0.885 bits per heavy atom. The van der Waals surface area contributed by atoms with Crippen LogP contribution in [0.25, 0.3) is 0 Å². The van der Waals surface area contributed by atoms with Crippen LogP contribution in [0.2, 0.25) is 0 Å².